The van der Waals surface area contributed by atoms with Gasteiger partial charge in [0.15, 0.2) is 5.82 Å². The van der Waals surface area contributed by atoms with Crippen LogP contribution in [0, 0.1) is 0 Å². The molecule has 1 amide bonds. The summed E-state index contributed by atoms with van der Waals surface area (Å²) < 4.78 is 5.16. The predicted molar refractivity (Wildman–Crippen MR) is 120 cm³/mol. The van der Waals surface area contributed by atoms with Gasteiger partial charge in [0.05, 0.1) is 12.6 Å². The number of benzene rings is 2. The van der Waals surface area contributed by atoms with Gasteiger partial charge in [-0.05, 0) is 42.5 Å². The van der Waals surface area contributed by atoms with Gasteiger partial charge in [0, 0.05) is 29.8 Å². The van der Waals surface area contributed by atoms with Crippen LogP contribution in [0.1, 0.15) is 17.3 Å². The molecule has 164 valence electrons. The zero-order valence-corrected chi connectivity index (χ0v) is 17.3. The van der Waals surface area contributed by atoms with Crippen molar-refractivity contribution in [1.29, 1.82) is 0 Å². The Morgan fingerprint density at radius 3 is 2.66 bits per heavy atom. The van der Waals surface area contributed by atoms with Crippen molar-refractivity contribution in [2.45, 2.75) is 6.92 Å². The second-order valence-electron chi connectivity index (χ2n) is 6.46. The normalized spacial score (nSPS) is 10.1. The van der Waals surface area contributed by atoms with Gasteiger partial charge in [-0.2, -0.15) is 10.1 Å². The van der Waals surface area contributed by atoms with Crippen LogP contribution in [0.5, 0.6) is 5.75 Å². The van der Waals surface area contributed by atoms with Crippen molar-refractivity contribution in [1.82, 2.24) is 20.2 Å². The van der Waals surface area contributed by atoms with E-state index < -0.39 is 5.97 Å². The summed E-state index contributed by atoms with van der Waals surface area (Å²) in [5, 5.41) is 21.3. The number of nitrogens with two attached hydrogens (primary N) is 1. The summed E-state index contributed by atoms with van der Waals surface area (Å²) in [6.07, 6.45) is 1.57. The molecular weight excluding hydrogens is 414 g/mol. The molecule has 2 aromatic carbocycles. The molecule has 0 aliphatic heterocycles. The molecule has 0 radical (unpaired) electrons. The molecule has 0 saturated carbocycles. The zero-order valence-electron chi connectivity index (χ0n) is 17.3. The Balaban J connectivity index is 0.000000668. The lowest BCUT2D eigenvalue weighted by Crippen LogP contribution is -2.12. The Kier molecular flexibility index (Phi) is 6.81. The van der Waals surface area contributed by atoms with E-state index in [1.54, 1.807) is 43.6 Å². The number of ether oxygens (including phenoxy) is 1. The first-order valence-corrected chi connectivity index (χ1v) is 9.34. The number of H-pyrrole nitrogens is 1. The van der Waals surface area contributed by atoms with Crippen LogP contribution in [0.25, 0.3) is 10.9 Å². The number of aromatic nitrogens is 4. The van der Waals surface area contributed by atoms with Gasteiger partial charge in [0.25, 0.3) is 11.9 Å². The number of carboxylic acids is 1. The van der Waals surface area contributed by atoms with Crippen LogP contribution in [0.2, 0.25) is 0 Å². The summed E-state index contributed by atoms with van der Waals surface area (Å²) in [6, 6.07) is 14.2. The maximum atomic E-state index is 12.6. The molecule has 0 atom stereocenters. The maximum Gasteiger partial charge on any atom is 0.300 e. The van der Waals surface area contributed by atoms with Crippen molar-refractivity contribution < 1.29 is 19.4 Å². The Bertz CT molecular complexity index is 1250. The number of nitrogens with zero attached hydrogens (tertiary/aromatic N) is 3. The highest BCUT2D eigenvalue weighted by Crippen LogP contribution is 2.26. The smallest absolute Gasteiger partial charge is 0.300 e. The van der Waals surface area contributed by atoms with Gasteiger partial charge >= 0.3 is 0 Å². The second kappa shape index (κ2) is 9.89. The van der Waals surface area contributed by atoms with Gasteiger partial charge in [0.2, 0.25) is 5.95 Å². The lowest BCUT2D eigenvalue weighted by molar-refractivity contribution is -0.134. The number of carbonyl (C=O) groups excluding carboxylic acids is 1. The number of carboxylic acid groups (broad SMARTS) is 1. The SMILES string of the molecule is CC(=O)O.COc1cccc(C(=O)Nc2n[nH]c3ccc(Nc4ccnc(N)n4)cc23)c1. The Morgan fingerprint density at radius 1 is 1.16 bits per heavy atom. The molecule has 11 heteroatoms. The number of anilines is 4. The molecule has 32 heavy (non-hydrogen) atoms. The highest BCUT2D eigenvalue weighted by Gasteiger charge is 2.12. The summed E-state index contributed by atoms with van der Waals surface area (Å²) >= 11 is 0. The predicted octanol–water partition coefficient (Wildman–Crippen LogP) is 3.03. The summed E-state index contributed by atoms with van der Waals surface area (Å²) in [4.78, 5) is 29.6. The van der Waals surface area contributed by atoms with Crippen molar-refractivity contribution >= 4 is 46.1 Å². The third-order valence-corrected chi connectivity index (χ3v) is 4.07. The molecule has 0 spiro atoms. The maximum absolute atomic E-state index is 12.6. The topological polar surface area (TPSA) is 168 Å². The fourth-order valence-electron chi connectivity index (χ4n) is 2.72. The first-order valence-electron chi connectivity index (χ1n) is 9.34. The van der Waals surface area contributed by atoms with E-state index >= 15 is 0 Å². The Labute approximate surface area is 182 Å². The van der Waals surface area contributed by atoms with E-state index in [1.165, 1.54) is 0 Å². The van der Waals surface area contributed by atoms with Crippen molar-refractivity contribution in [3.8, 4) is 5.75 Å². The highest BCUT2D eigenvalue weighted by molar-refractivity contribution is 6.08. The highest BCUT2D eigenvalue weighted by atomic mass is 16.5. The lowest BCUT2D eigenvalue weighted by Gasteiger charge is -2.07. The number of hydrogen-bond donors (Lipinski definition) is 5. The number of nitrogen functional groups attached to an aromatic ring is 1. The van der Waals surface area contributed by atoms with Gasteiger partial charge in [-0.1, -0.05) is 6.07 Å². The third kappa shape index (κ3) is 5.69. The van der Waals surface area contributed by atoms with Crippen LogP contribution in [0.15, 0.2) is 54.7 Å². The summed E-state index contributed by atoms with van der Waals surface area (Å²) in [7, 11) is 1.55. The van der Waals surface area contributed by atoms with Crippen molar-refractivity contribution in [3.05, 3.63) is 60.3 Å². The van der Waals surface area contributed by atoms with Gasteiger partial charge in [-0.3, -0.25) is 14.7 Å². The number of aromatic amines is 1. The minimum atomic E-state index is -0.833. The first-order chi connectivity index (χ1) is 15.4. The molecule has 2 aromatic heterocycles. The van der Waals surface area contributed by atoms with Crippen LogP contribution in [0.3, 0.4) is 0 Å². The molecule has 0 fully saturated rings. The van der Waals surface area contributed by atoms with Crippen LogP contribution in [-0.4, -0.2) is 44.3 Å². The molecule has 2 heterocycles. The summed E-state index contributed by atoms with van der Waals surface area (Å²) in [5.41, 5.74) is 7.63. The van der Waals surface area contributed by atoms with E-state index in [0.717, 1.165) is 23.5 Å². The molecule has 0 aliphatic carbocycles. The fraction of sp³-hybridized carbons (Fsp3) is 0.0952. The van der Waals surface area contributed by atoms with Gasteiger partial charge < -0.3 is 26.2 Å². The summed E-state index contributed by atoms with van der Waals surface area (Å²) in [6.45, 7) is 1.08. The quantitative estimate of drug-likeness (QED) is 0.316. The molecule has 0 saturated heterocycles. The van der Waals surface area contributed by atoms with Gasteiger partial charge in [-0.25, -0.2) is 4.98 Å². The second-order valence-corrected chi connectivity index (χ2v) is 6.46. The minimum Gasteiger partial charge on any atom is -0.497 e. The monoisotopic (exact) mass is 435 g/mol. The number of aliphatic carboxylic acids is 1. The number of nitrogens with one attached hydrogen (secondary N) is 3. The molecule has 0 unspecified atom stereocenters. The molecule has 4 rings (SSSR count). The van der Waals surface area contributed by atoms with Gasteiger partial charge in [-0.15, -0.1) is 0 Å². The van der Waals surface area contributed by atoms with Crippen LogP contribution < -0.4 is 21.1 Å². The Morgan fingerprint density at radius 2 is 1.94 bits per heavy atom. The third-order valence-electron chi connectivity index (χ3n) is 4.07. The van der Waals surface area contributed by atoms with E-state index in [0.29, 0.717) is 22.9 Å². The average molecular weight is 435 g/mol. The molecule has 0 bridgehead atoms. The number of rotatable bonds is 5. The first kappa shape index (κ1) is 22.0. The average Bonchev–Trinajstić information content (AvgIpc) is 3.15. The van der Waals surface area contributed by atoms with Crippen molar-refractivity contribution in [2.75, 3.05) is 23.5 Å². The Hall–Kier alpha value is -4.67. The number of fused-ring (bicyclic) bond motifs is 1. The molecular formula is C21H21N7O4. The van der Waals surface area contributed by atoms with Crippen molar-refractivity contribution in [3.63, 3.8) is 0 Å². The number of carbonyl (C=O) groups is 2. The van der Waals surface area contributed by atoms with E-state index in [-0.39, 0.29) is 11.9 Å². The summed E-state index contributed by atoms with van der Waals surface area (Å²) in [5.74, 6) is 0.663. The zero-order chi connectivity index (χ0) is 23.1. The van der Waals surface area contributed by atoms with E-state index in [4.69, 9.17) is 20.4 Å². The standard InChI is InChI=1S/C19H17N7O2.C2H4O2/c1-28-13-4-2-3-11(9-13)18(27)24-17-14-10-12(5-6-15(14)25-26-17)22-16-7-8-21-19(20)23-16;1-2(3)4/h2-10H,1H3,(H3,20,21,22,23)(H2,24,25,26,27);1H3,(H,3,4). The molecule has 6 N–H and O–H groups in total. The van der Waals surface area contributed by atoms with E-state index in [9.17, 15) is 4.79 Å². The number of hydrogen-bond acceptors (Lipinski definition) is 8. The molecule has 4 aromatic rings. The minimum absolute atomic E-state index is 0.181. The largest absolute Gasteiger partial charge is 0.497 e. The fourth-order valence-corrected chi connectivity index (χ4v) is 2.72. The number of methoxy groups -OCH3 is 1. The van der Waals surface area contributed by atoms with E-state index in [1.807, 2.05) is 18.2 Å². The van der Waals surface area contributed by atoms with Crippen LogP contribution in [0.4, 0.5) is 23.3 Å². The van der Waals surface area contributed by atoms with Gasteiger partial charge in [0.1, 0.15) is 11.6 Å². The molecule has 11 nitrogen and oxygen atoms in total. The van der Waals surface area contributed by atoms with E-state index in [2.05, 4.69) is 30.8 Å². The van der Waals surface area contributed by atoms with Crippen molar-refractivity contribution in [2.24, 2.45) is 0 Å². The lowest BCUT2D eigenvalue weighted by atomic mass is 10.2. The number of amides is 1. The van der Waals surface area contributed by atoms with Crippen LogP contribution >= 0.6 is 0 Å². The molecule has 0 aliphatic rings. The van der Waals surface area contributed by atoms with Crippen LogP contribution in [-0.2, 0) is 4.79 Å².